The van der Waals surface area contributed by atoms with Crippen molar-refractivity contribution in [3.63, 3.8) is 0 Å². The third-order valence-corrected chi connectivity index (χ3v) is 5.94. The van der Waals surface area contributed by atoms with Gasteiger partial charge in [-0.25, -0.2) is 9.78 Å². The Hall–Kier alpha value is -4.84. The van der Waals surface area contributed by atoms with Crippen LogP contribution in [-0.2, 0) is 0 Å². The summed E-state index contributed by atoms with van der Waals surface area (Å²) < 4.78 is 5.16. The minimum Gasteiger partial charge on any atom is -0.481 e. The number of nitrogens with zero attached hydrogens (tertiary/aromatic N) is 2. The maximum Gasteiger partial charge on any atom is 0.336 e. The minimum absolute atomic E-state index is 0.0563. The van der Waals surface area contributed by atoms with Gasteiger partial charge in [0.25, 0.3) is 11.8 Å². The number of hydrogen-bond acceptors (Lipinski definition) is 8. The average Bonchev–Trinajstić information content (AvgIpc) is 2.90. The number of aromatic carboxylic acids is 1. The number of nitrogens with one attached hydrogen (secondary N) is 3. The molecule has 0 aliphatic heterocycles. The summed E-state index contributed by atoms with van der Waals surface area (Å²) in [6, 6.07) is 9.71. The van der Waals surface area contributed by atoms with Crippen molar-refractivity contribution in [3.05, 3.63) is 71.2 Å². The highest BCUT2D eigenvalue weighted by Crippen LogP contribution is 2.29. The molecule has 204 valence electrons. The first-order chi connectivity index (χ1) is 18.3. The number of aromatic nitrogens is 2. The molecular weight excluding hydrogens is 504 g/mol. The summed E-state index contributed by atoms with van der Waals surface area (Å²) in [4.78, 5) is 46.7. The van der Waals surface area contributed by atoms with Gasteiger partial charge < -0.3 is 31.3 Å². The molecule has 39 heavy (non-hydrogen) atoms. The number of rotatable bonds is 9. The Balaban J connectivity index is 2.02. The molecule has 7 N–H and O–H groups in total. The van der Waals surface area contributed by atoms with Crippen LogP contribution >= 0.6 is 0 Å². The van der Waals surface area contributed by atoms with E-state index in [4.69, 9.17) is 15.9 Å². The van der Waals surface area contributed by atoms with Gasteiger partial charge in [0.1, 0.15) is 17.2 Å². The van der Waals surface area contributed by atoms with Crippen LogP contribution in [0.4, 0.5) is 5.69 Å². The molecule has 2 heterocycles. The van der Waals surface area contributed by atoms with Gasteiger partial charge in [0, 0.05) is 34.6 Å². The van der Waals surface area contributed by atoms with Crippen molar-refractivity contribution in [1.29, 1.82) is 5.41 Å². The number of amides is 2. The fraction of sp³-hybridized carbons (Fsp3) is 0.259. The normalized spacial score (nSPS) is 11.8. The number of ether oxygens (including phenoxy) is 1. The lowest BCUT2D eigenvalue weighted by molar-refractivity contribution is 0.0697. The topological polar surface area (TPSA) is 201 Å². The summed E-state index contributed by atoms with van der Waals surface area (Å²) in [5.41, 5.74) is 5.50. The molecule has 2 amide bonds. The van der Waals surface area contributed by atoms with Gasteiger partial charge in [-0.3, -0.25) is 20.0 Å². The number of pyridine rings is 2. The number of benzene rings is 1. The van der Waals surface area contributed by atoms with Crippen LogP contribution in [0.25, 0.3) is 11.1 Å². The van der Waals surface area contributed by atoms with Gasteiger partial charge in [-0.05, 0) is 41.8 Å². The molecule has 0 aliphatic rings. The Bertz CT molecular complexity index is 1420. The van der Waals surface area contributed by atoms with E-state index < -0.39 is 29.2 Å². The number of anilines is 1. The zero-order valence-electron chi connectivity index (χ0n) is 21.9. The standard InChI is InChI=1S/C27H30N6O6/c1-27(2,3)20(13-34)32-24(35)19-11-17(26(37)38)18(12-30-19)16-9-10-21(39-4)33-22(16)25(36)31-15-7-5-14(6-8-15)23(28)29/h5-12,20,34H,13H2,1-4H3,(H3,28,29)(H,31,36)(H,32,35)(H,37,38)/t20-/m1/s1. The summed E-state index contributed by atoms with van der Waals surface area (Å²) >= 11 is 0. The summed E-state index contributed by atoms with van der Waals surface area (Å²) in [6.07, 6.45) is 1.19. The maximum atomic E-state index is 13.2. The summed E-state index contributed by atoms with van der Waals surface area (Å²) in [5, 5.41) is 32.5. The lowest BCUT2D eigenvalue weighted by atomic mass is 9.87. The first kappa shape index (κ1) is 28.7. The van der Waals surface area contributed by atoms with Crippen molar-refractivity contribution in [2.75, 3.05) is 19.0 Å². The lowest BCUT2D eigenvalue weighted by Crippen LogP contribution is -2.46. The molecule has 0 saturated carbocycles. The van der Waals surface area contributed by atoms with Crippen LogP contribution in [0.2, 0.25) is 0 Å². The van der Waals surface area contributed by atoms with Crippen LogP contribution in [0.1, 0.15) is 57.7 Å². The molecule has 0 saturated heterocycles. The molecule has 3 rings (SSSR count). The van der Waals surface area contributed by atoms with Crippen molar-refractivity contribution in [2.45, 2.75) is 26.8 Å². The Kier molecular flexibility index (Phi) is 8.61. The molecule has 0 radical (unpaired) electrons. The number of aliphatic hydroxyl groups excluding tert-OH is 1. The monoisotopic (exact) mass is 534 g/mol. The van der Waals surface area contributed by atoms with E-state index in [2.05, 4.69) is 20.6 Å². The highest BCUT2D eigenvalue weighted by atomic mass is 16.5. The highest BCUT2D eigenvalue weighted by Gasteiger charge is 2.28. The van der Waals surface area contributed by atoms with E-state index in [1.165, 1.54) is 25.4 Å². The largest absolute Gasteiger partial charge is 0.481 e. The minimum atomic E-state index is -1.35. The van der Waals surface area contributed by atoms with Crippen LogP contribution in [0.3, 0.4) is 0 Å². The second kappa shape index (κ2) is 11.7. The number of hydrogen-bond donors (Lipinski definition) is 6. The van der Waals surface area contributed by atoms with Gasteiger partial charge in [-0.1, -0.05) is 20.8 Å². The van der Waals surface area contributed by atoms with Gasteiger partial charge in [0.2, 0.25) is 5.88 Å². The second-order valence-electron chi connectivity index (χ2n) is 9.69. The number of aliphatic hydroxyl groups is 1. The van der Waals surface area contributed by atoms with Crippen LogP contribution in [0.5, 0.6) is 5.88 Å². The van der Waals surface area contributed by atoms with Crippen molar-refractivity contribution in [3.8, 4) is 17.0 Å². The smallest absolute Gasteiger partial charge is 0.336 e. The Morgan fingerprint density at radius 2 is 1.74 bits per heavy atom. The zero-order chi connectivity index (χ0) is 28.9. The summed E-state index contributed by atoms with van der Waals surface area (Å²) in [7, 11) is 1.37. The molecule has 0 unspecified atom stereocenters. The first-order valence-electron chi connectivity index (χ1n) is 11.8. The summed E-state index contributed by atoms with van der Waals surface area (Å²) in [5.74, 6) is -2.67. The van der Waals surface area contributed by atoms with E-state index in [1.807, 2.05) is 20.8 Å². The molecule has 1 aromatic carbocycles. The molecule has 0 spiro atoms. The van der Waals surface area contributed by atoms with Gasteiger partial charge in [0.15, 0.2) is 0 Å². The quantitative estimate of drug-likeness (QED) is 0.176. The average molecular weight is 535 g/mol. The maximum absolute atomic E-state index is 13.2. The van der Waals surface area contributed by atoms with Crippen LogP contribution in [0, 0.1) is 10.8 Å². The molecule has 2 aromatic heterocycles. The van der Waals surface area contributed by atoms with E-state index in [0.717, 1.165) is 6.07 Å². The third kappa shape index (κ3) is 6.73. The molecule has 0 bridgehead atoms. The first-order valence-corrected chi connectivity index (χ1v) is 11.8. The summed E-state index contributed by atoms with van der Waals surface area (Å²) in [6.45, 7) is 5.21. The number of carbonyl (C=O) groups excluding carboxylic acids is 2. The number of carbonyl (C=O) groups is 3. The number of amidine groups is 1. The Morgan fingerprint density at radius 1 is 1.08 bits per heavy atom. The molecule has 12 heteroatoms. The van der Waals surface area contributed by atoms with E-state index in [1.54, 1.807) is 24.3 Å². The number of methoxy groups -OCH3 is 1. The number of nitrogens with two attached hydrogens (primary N) is 1. The number of nitrogen functional groups attached to an aromatic ring is 1. The molecule has 3 aromatic rings. The van der Waals surface area contributed by atoms with E-state index in [9.17, 15) is 24.6 Å². The van der Waals surface area contributed by atoms with Gasteiger partial charge >= 0.3 is 5.97 Å². The van der Waals surface area contributed by atoms with Crippen LogP contribution < -0.4 is 21.1 Å². The molecule has 1 atom stereocenters. The lowest BCUT2D eigenvalue weighted by Gasteiger charge is -2.29. The fourth-order valence-electron chi connectivity index (χ4n) is 3.61. The van der Waals surface area contributed by atoms with E-state index >= 15 is 0 Å². The van der Waals surface area contributed by atoms with Crippen molar-refractivity contribution >= 4 is 29.3 Å². The second-order valence-corrected chi connectivity index (χ2v) is 9.69. The van der Waals surface area contributed by atoms with Crippen molar-refractivity contribution in [1.82, 2.24) is 15.3 Å². The van der Waals surface area contributed by atoms with Crippen LogP contribution in [0.15, 0.2) is 48.7 Å². The van der Waals surface area contributed by atoms with Crippen LogP contribution in [-0.4, -0.2) is 63.6 Å². The van der Waals surface area contributed by atoms with E-state index in [-0.39, 0.29) is 46.4 Å². The van der Waals surface area contributed by atoms with Gasteiger partial charge in [-0.15, -0.1) is 0 Å². The number of carboxylic acid groups (broad SMARTS) is 1. The predicted molar refractivity (Wildman–Crippen MR) is 144 cm³/mol. The fourth-order valence-corrected chi connectivity index (χ4v) is 3.61. The molecule has 0 aliphatic carbocycles. The molecule has 12 nitrogen and oxygen atoms in total. The SMILES string of the molecule is COc1ccc(-c2cnc(C(=O)N[C@H](CO)C(C)(C)C)cc2C(=O)O)c(C(=O)Nc2ccc(C(=N)N)cc2)n1. The Labute approximate surface area is 224 Å². The number of carboxylic acids is 1. The van der Waals surface area contributed by atoms with Gasteiger partial charge in [-0.2, -0.15) is 0 Å². The Morgan fingerprint density at radius 3 is 2.28 bits per heavy atom. The van der Waals surface area contributed by atoms with Crippen molar-refractivity contribution in [2.24, 2.45) is 11.1 Å². The predicted octanol–water partition coefficient (Wildman–Crippen LogP) is 2.52. The van der Waals surface area contributed by atoms with Gasteiger partial charge in [0.05, 0.1) is 25.3 Å². The molecular formula is C27H30N6O6. The molecule has 0 fully saturated rings. The highest BCUT2D eigenvalue weighted by molar-refractivity contribution is 6.09. The third-order valence-electron chi connectivity index (χ3n) is 5.94. The van der Waals surface area contributed by atoms with Crippen molar-refractivity contribution < 1.29 is 29.3 Å². The zero-order valence-corrected chi connectivity index (χ0v) is 21.9. The van der Waals surface area contributed by atoms with E-state index in [0.29, 0.717) is 11.3 Å².